The molecule has 0 atom stereocenters. The van der Waals surface area contributed by atoms with Crippen LogP contribution in [-0.4, -0.2) is 5.84 Å². The summed E-state index contributed by atoms with van der Waals surface area (Å²) in [5.74, 6) is 0.632. The van der Waals surface area contributed by atoms with Crippen LogP contribution in [0.2, 0.25) is 0 Å². The highest BCUT2D eigenvalue weighted by atomic mass is 19.1. The van der Waals surface area contributed by atoms with Crippen LogP contribution >= 0.6 is 0 Å². The van der Waals surface area contributed by atoms with E-state index in [-0.39, 0.29) is 12.4 Å². The van der Waals surface area contributed by atoms with Crippen LogP contribution in [0.1, 0.15) is 36.5 Å². The lowest BCUT2D eigenvalue weighted by atomic mass is 10.0. The molecule has 3 N–H and O–H groups in total. The van der Waals surface area contributed by atoms with Crippen molar-refractivity contribution in [2.75, 3.05) is 0 Å². The molecule has 21 heavy (non-hydrogen) atoms. The second-order valence-corrected chi connectivity index (χ2v) is 5.23. The fourth-order valence-electron chi connectivity index (χ4n) is 2.04. The Morgan fingerprint density at radius 2 is 1.86 bits per heavy atom. The SMILES string of the molecule is CC(C)c1ccc(OCc2ccc(F)cc2C(=N)N)cc1. The molecule has 0 aliphatic rings. The molecule has 0 fully saturated rings. The van der Waals surface area contributed by atoms with Crippen molar-refractivity contribution in [1.82, 2.24) is 0 Å². The first-order valence-corrected chi connectivity index (χ1v) is 6.83. The number of rotatable bonds is 5. The highest BCUT2D eigenvalue weighted by Crippen LogP contribution is 2.20. The molecule has 0 bridgehead atoms. The molecule has 0 saturated heterocycles. The molecule has 3 nitrogen and oxygen atoms in total. The minimum atomic E-state index is -0.412. The van der Waals surface area contributed by atoms with E-state index in [0.29, 0.717) is 17.0 Å². The number of nitrogen functional groups attached to an aromatic ring is 1. The molecular weight excluding hydrogens is 267 g/mol. The van der Waals surface area contributed by atoms with E-state index in [2.05, 4.69) is 13.8 Å². The van der Waals surface area contributed by atoms with Crippen molar-refractivity contribution >= 4 is 5.84 Å². The van der Waals surface area contributed by atoms with E-state index >= 15 is 0 Å². The molecule has 0 unspecified atom stereocenters. The van der Waals surface area contributed by atoms with Crippen LogP contribution in [-0.2, 0) is 6.61 Å². The highest BCUT2D eigenvalue weighted by molar-refractivity contribution is 5.96. The fourth-order valence-corrected chi connectivity index (χ4v) is 2.04. The first-order chi connectivity index (χ1) is 9.97. The third-order valence-corrected chi connectivity index (χ3v) is 3.30. The lowest BCUT2D eigenvalue weighted by Gasteiger charge is -2.11. The van der Waals surface area contributed by atoms with E-state index in [0.717, 1.165) is 5.75 Å². The second kappa shape index (κ2) is 6.39. The predicted octanol–water partition coefficient (Wildman–Crippen LogP) is 3.81. The maximum atomic E-state index is 13.2. The first kappa shape index (κ1) is 15.0. The lowest BCUT2D eigenvalue weighted by molar-refractivity contribution is 0.305. The molecule has 2 aromatic rings. The van der Waals surface area contributed by atoms with Gasteiger partial charge in [0.15, 0.2) is 0 Å². The summed E-state index contributed by atoms with van der Waals surface area (Å²) in [5.41, 5.74) is 7.77. The number of amidine groups is 1. The molecule has 0 aromatic heterocycles. The molecule has 0 radical (unpaired) electrons. The number of hydrogen-bond donors (Lipinski definition) is 2. The molecule has 2 rings (SSSR count). The predicted molar refractivity (Wildman–Crippen MR) is 82.3 cm³/mol. The van der Waals surface area contributed by atoms with Crippen molar-refractivity contribution in [3.63, 3.8) is 0 Å². The average Bonchev–Trinajstić information content (AvgIpc) is 2.46. The maximum absolute atomic E-state index is 13.2. The average molecular weight is 286 g/mol. The lowest BCUT2D eigenvalue weighted by Crippen LogP contribution is -2.15. The van der Waals surface area contributed by atoms with Gasteiger partial charge in [0.05, 0.1) is 0 Å². The quantitative estimate of drug-likeness (QED) is 0.648. The third kappa shape index (κ3) is 3.81. The van der Waals surface area contributed by atoms with Crippen molar-refractivity contribution in [3.8, 4) is 5.75 Å². The van der Waals surface area contributed by atoms with Crippen LogP contribution in [0.4, 0.5) is 4.39 Å². The van der Waals surface area contributed by atoms with E-state index in [4.69, 9.17) is 15.9 Å². The fraction of sp³-hybridized carbons (Fsp3) is 0.235. The molecule has 110 valence electrons. The van der Waals surface area contributed by atoms with Crippen LogP contribution in [0.5, 0.6) is 5.75 Å². The summed E-state index contributed by atoms with van der Waals surface area (Å²) >= 11 is 0. The summed E-state index contributed by atoms with van der Waals surface area (Å²) < 4.78 is 18.9. The Bertz CT molecular complexity index is 636. The Morgan fingerprint density at radius 3 is 2.43 bits per heavy atom. The van der Waals surface area contributed by atoms with E-state index in [1.165, 1.54) is 17.7 Å². The summed E-state index contributed by atoms with van der Waals surface area (Å²) in [4.78, 5) is 0. The molecular formula is C17H19FN2O. The van der Waals surface area contributed by atoms with Crippen LogP contribution in [0.3, 0.4) is 0 Å². The summed E-state index contributed by atoms with van der Waals surface area (Å²) in [6.07, 6.45) is 0. The van der Waals surface area contributed by atoms with Crippen molar-refractivity contribution in [1.29, 1.82) is 5.41 Å². The van der Waals surface area contributed by atoms with Gasteiger partial charge in [-0.2, -0.15) is 0 Å². The Balaban J connectivity index is 2.11. The van der Waals surface area contributed by atoms with Gasteiger partial charge >= 0.3 is 0 Å². The van der Waals surface area contributed by atoms with Crippen molar-refractivity contribution < 1.29 is 9.13 Å². The van der Waals surface area contributed by atoms with Gasteiger partial charge in [-0.05, 0) is 35.7 Å². The standard InChI is InChI=1S/C17H19FN2O/c1-11(2)12-4-7-15(8-5-12)21-10-13-3-6-14(18)9-16(13)17(19)20/h3-9,11H,10H2,1-2H3,(H3,19,20). The monoisotopic (exact) mass is 286 g/mol. The van der Waals surface area contributed by atoms with Crippen molar-refractivity contribution in [2.24, 2.45) is 5.73 Å². The summed E-state index contributed by atoms with van der Waals surface area (Å²) in [6.45, 7) is 4.51. The summed E-state index contributed by atoms with van der Waals surface area (Å²) in [5, 5.41) is 7.49. The van der Waals surface area contributed by atoms with Gasteiger partial charge in [0.2, 0.25) is 0 Å². The van der Waals surface area contributed by atoms with Crippen molar-refractivity contribution in [3.05, 3.63) is 65.0 Å². The number of ether oxygens (including phenoxy) is 1. The van der Waals surface area contributed by atoms with Gasteiger partial charge in [-0.3, -0.25) is 5.41 Å². The Hall–Kier alpha value is -2.36. The van der Waals surface area contributed by atoms with E-state index in [1.54, 1.807) is 6.07 Å². The number of nitrogens with two attached hydrogens (primary N) is 1. The number of benzene rings is 2. The largest absolute Gasteiger partial charge is 0.489 e. The zero-order chi connectivity index (χ0) is 15.4. The van der Waals surface area contributed by atoms with Gasteiger partial charge < -0.3 is 10.5 Å². The molecule has 0 aliphatic carbocycles. The number of halogens is 1. The van der Waals surface area contributed by atoms with Crippen molar-refractivity contribution in [2.45, 2.75) is 26.4 Å². The molecule has 0 spiro atoms. The third-order valence-electron chi connectivity index (χ3n) is 3.30. The molecule has 2 aromatic carbocycles. The maximum Gasteiger partial charge on any atom is 0.123 e. The number of hydrogen-bond acceptors (Lipinski definition) is 2. The highest BCUT2D eigenvalue weighted by Gasteiger charge is 2.08. The van der Waals surface area contributed by atoms with Crippen LogP contribution < -0.4 is 10.5 Å². The molecule has 4 heteroatoms. The zero-order valence-electron chi connectivity index (χ0n) is 12.2. The van der Waals surface area contributed by atoms with Gasteiger partial charge in [0.1, 0.15) is 24.0 Å². The topological polar surface area (TPSA) is 59.1 Å². The van der Waals surface area contributed by atoms with Gasteiger partial charge in [-0.1, -0.05) is 32.0 Å². The van der Waals surface area contributed by atoms with Gasteiger partial charge in [0.25, 0.3) is 0 Å². The van der Waals surface area contributed by atoms with Gasteiger partial charge in [0, 0.05) is 11.1 Å². The Labute approximate surface area is 124 Å². The minimum absolute atomic E-state index is 0.164. The Morgan fingerprint density at radius 1 is 1.19 bits per heavy atom. The first-order valence-electron chi connectivity index (χ1n) is 6.83. The van der Waals surface area contributed by atoms with E-state index < -0.39 is 5.82 Å². The summed E-state index contributed by atoms with van der Waals surface area (Å²) in [7, 11) is 0. The van der Waals surface area contributed by atoms with Gasteiger partial charge in [-0.25, -0.2) is 4.39 Å². The number of nitrogens with one attached hydrogen (secondary N) is 1. The molecule has 0 amide bonds. The zero-order valence-corrected chi connectivity index (χ0v) is 12.2. The van der Waals surface area contributed by atoms with Crippen LogP contribution in [0, 0.1) is 11.2 Å². The normalized spacial score (nSPS) is 10.7. The van der Waals surface area contributed by atoms with E-state index in [1.807, 2.05) is 24.3 Å². The Kier molecular flexibility index (Phi) is 4.58. The van der Waals surface area contributed by atoms with Gasteiger partial charge in [-0.15, -0.1) is 0 Å². The summed E-state index contributed by atoms with van der Waals surface area (Å²) in [6, 6.07) is 12.1. The molecule has 0 saturated carbocycles. The van der Waals surface area contributed by atoms with E-state index in [9.17, 15) is 4.39 Å². The van der Waals surface area contributed by atoms with Crippen LogP contribution in [0.25, 0.3) is 0 Å². The molecule has 0 aliphatic heterocycles. The van der Waals surface area contributed by atoms with Crippen LogP contribution in [0.15, 0.2) is 42.5 Å². The minimum Gasteiger partial charge on any atom is -0.489 e. The smallest absolute Gasteiger partial charge is 0.123 e. The second-order valence-electron chi connectivity index (χ2n) is 5.23. The molecule has 0 heterocycles.